The summed E-state index contributed by atoms with van der Waals surface area (Å²) >= 11 is 11.8. The molecule has 2 nitrogen and oxygen atoms in total. The van der Waals surface area contributed by atoms with Gasteiger partial charge in [0.25, 0.3) is 0 Å². The van der Waals surface area contributed by atoms with Crippen LogP contribution in [0.1, 0.15) is 46.8 Å². The summed E-state index contributed by atoms with van der Waals surface area (Å²) < 4.78 is 0. The van der Waals surface area contributed by atoms with Crippen LogP contribution in [0.5, 0.6) is 0 Å². The summed E-state index contributed by atoms with van der Waals surface area (Å²) in [5, 5.41) is 0.714. The van der Waals surface area contributed by atoms with Gasteiger partial charge in [-0.3, -0.25) is 4.79 Å². The Morgan fingerprint density at radius 3 is 2.65 bits per heavy atom. The second kappa shape index (κ2) is 5.55. The maximum absolute atomic E-state index is 12.5. The molecule has 4 heteroatoms. The zero-order valence-electron chi connectivity index (χ0n) is 10.8. The largest absolute Gasteiger partial charge is 0.287 e. The van der Waals surface area contributed by atoms with Gasteiger partial charge in [0.15, 0.2) is 0 Å². The van der Waals surface area contributed by atoms with Gasteiger partial charge in [0.1, 0.15) is 5.69 Å². The fourth-order valence-electron chi connectivity index (χ4n) is 2.39. The normalized spacial score (nSPS) is 14.9. The molecule has 0 saturated heterocycles. The number of aromatic nitrogens is 1. The molecular weight excluding hydrogens is 293 g/mol. The SMILES string of the molecule is O=C(c1cccc(C2CCC2)c1)c1ncc(Cl)cc1Cl. The van der Waals surface area contributed by atoms with Crippen molar-refractivity contribution in [2.24, 2.45) is 0 Å². The highest BCUT2D eigenvalue weighted by Gasteiger charge is 2.21. The summed E-state index contributed by atoms with van der Waals surface area (Å²) in [5.41, 5.74) is 2.11. The summed E-state index contributed by atoms with van der Waals surface area (Å²) in [5.74, 6) is 0.434. The smallest absolute Gasteiger partial charge is 0.212 e. The van der Waals surface area contributed by atoms with E-state index in [0.717, 1.165) is 0 Å². The Balaban J connectivity index is 1.93. The standard InChI is InChI=1S/C16H13Cl2NO/c17-13-8-14(18)15(19-9-13)16(20)12-6-2-5-11(7-12)10-3-1-4-10/h2,5-10H,1,3-4H2. The zero-order valence-corrected chi connectivity index (χ0v) is 12.3. The van der Waals surface area contributed by atoms with Crippen LogP contribution >= 0.6 is 23.2 Å². The van der Waals surface area contributed by atoms with Crippen LogP contribution in [0.25, 0.3) is 0 Å². The van der Waals surface area contributed by atoms with Gasteiger partial charge in [-0.05, 0) is 36.5 Å². The number of halogens is 2. The summed E-state index contributed by atoms with van der Waals surface area (Å²) in [6, 6.07) is 9.30. The predicted molar refractivity (Wildman–Crippen MR) is 80.7 cm³/mol. The first-order valence-corrected chi connectivity index (χ1v) is 7.36. The van der Waals surface area contributed by atoms with Crippen molar-refractivity contribution in [1.29, 1.82) is 0 Å². The topological polar surface area (TPSA) is 30.0 Å². The molecule has 20 heavy (non-hydrogen) atoms. The zero-order chi connectivity index (χ0) is 14.1. The summed E-state index contributed by atoms with van der Waals surface area (Å²) in [4.78, 5) is 16.5. The molecule has 0 N–H and O–H groups in total. The minimum Gasteiger partial charge on any atom is -0.287 e. The number of ketones is 1. The average Bonchev–Trinajstić information content (AvgIpc) is 2.36. The van der Waals surface area contributed by atoms with Crippen molar-refractivity contribution in [2.45, 2.75) is 25.2 Å². The van der Waals surface area contributed by atoms with E-state index in [4.69, 9.17) is 23.2 Å². The van der Waals surface area contributed by atoms with Gasteiger partial charge >= 0.3 is 0 Å². The molecule has 3 rings (SSSR count). The molecule has 102 valence electrons. The molecule has 0 unspecified atom stereocenters. The first-order valence-electron chi connectivity index (χ1n) is 6.61. The van der Waals surface area contributed by atoms with Crippen LogP contribution in [0.15, 0.2) is 36.5 Å². The highest BCUT2D eigenvalue weighted by atomic mass is 35.5. The monoisotopic (exact) mass is 305 g/mol. The van der Waals surface area contributed by atoms with Gasteiger partial charge in [-0.15, -0.1) is 0 Å². The average molecular weight is 306 g/mol. The molecule has 2 aromatic rings. The molecule has 1 aromatic carbocycles. The highest BCUT2D eigenvalue weighted by Crippen LogP contribution is 2.36. The number of hydrogen-bond donors (Lipinski definition) is 0. The van der Waals surface area contributed by atoms with E-state index in [1.807, 2.05) is 12.1 Å². The van der Waals surface area contributed by atoms with Crippen molar-refractivity contribution < 1.29 is 4.79 Å². The van der Waals surface area contributed by atoms with E-state index in [9.17, 15) is 4.79 Å². The molecule has 1 aliphatic rings. The molecule has 1 aromatic heterocycles. The molecule has 1 aliphatic carbocycles. The first-order chi connectivity index (χ1) is 9.65. The fourth-order valence-corrected chi connectivity index (χ4v) is 2.86. The molecule has 0 amide bonds. The third kappa shape index (κ3) is 2.58. The molecule has 0 spiro atoms. The third-order valence-electron chi connectivity index (χ3n) is 3.75. The van der Waals surface area contributed by atoms with Crippen molar-refractivity contribution in [1.82, 2.24) is 4.98 Å². The molecule has 1 heterocycles. The van der Waals surface area contributed by atoms with E-state index in [0.29, 0.717) is 16.5 Å². The Hall–Kier alpha value is -1.38. The lowest BCUT2D eigenvalue weighted by atomic mass is 9.79. The van der Waals surface area contributed by atoms with Crippen LogP contribution in [0.3, 0.4) is 0 Å². The quantitative estimate of drug-likeness (QED) is 0.756. The molecule has 1 fully saturated rings. The van der Waals surface area contributed by atoms with Crippen molar-refractivity contribution in [2.75, 3.05) is 0 Å². The van der Waals surface area contributed by atoms with E-state index < -0.39 is 0 Å². The van der Waals surface area contributed by atoms with Gasteiger partial charge in [0, 0.05) is 11.8 Å². The molecule has 0 radical (unpaired) electrons. The molecular formula is C16H13Cl2NO. The summed E-state index contributed by atoms with van der Waals surface area (Å²) in [6.45, 7) is 0. The van der Waals surface area contributed by atoms with Crippen molar-refractivity contribution in [3.05, 3.63) is 63.4 Å². The Labute approximate surface area is 127 Å². The van der Waals surface area contributed by atoms with Crippen LogP contribution in [-0.2, 0) is 0 Å². The molecule has 1 saturated carbocycles. The number of hydrogen-bond acceptors (Lipinski definition) is 2. The van der Waals surface area contributed by atoms with Crippen LogP contribution in [0.4, 0.5) is 0 Å². The predicted octanol–water partition coefficient (Wildman–Crippen LogP) is 4.89. The minimum absolute atomic E-state index is 0.159. The number of benzene rings is 1. The Bertz CT molecular complexity index is 665. The summed E-state index contributed by atoms with van der Waals surface area (Å²) in [6.07, 6.45) is 5.12. The second-order valence-corrected chi connectivity index (χ2v) is 5.91. The Morgan fingerprint density at radius 1 is 1.20 bits per heavy atom. The number of pyridine rings is 1. The Kier molecular flexibility index (Phi) is 3.77. The van der Waals surface area contributed by atoms with Crippen LogP contribution < -0.4 is 0 Å². The van der Waals surface area contributed by atoms with Crippen molar-refractivity contribution >= 4 is 29.0 Å². The van der Waals surface area contributed by atoms with Crippen LogP contribution in [0.2, 0.25) is 10.0 Å². The van der Waals surface area contributed by atoms with Gasteiger partial charge in [-0.1, -0.05) is 47.8 Å². The van der Waals surface area contributed by atoms with E-state index >= 15 is 0 Å². The number of nitrogens with zero attached hydrogens (tertiary/aromatic N) is 1. The number of carbonyl (C=O) groups excluding carboxylic acids is 1. The van der Waals surface area contributed by atoms with Gasteiger partial charge in [-0.2, -0.15) is 0 Å². The van der Waals surface area contributed by atoms with Crippen LogP contribution in [-0.4, -0.2) is 10.8 Å². The first kappa shape index (κ1) is 13.6. The summed E-state index contributed by atoms with van der Waals surface area (Å²) in [7, 11) is 0. The van der Waals surface area contributed by atoms with Gasteiger partial charge < -0.3 is 0 Å². The van der Waals surface area contributed by atoms with E-state index in [-0.39, 0.29) is 16.5 Å². The van der Waals surface area contributed by atoms with Gasteiger partial charge in [-0.25, -0.2) is 4.98 Å². The second-order valence-electron chi connectivity index (χ2n) is 5.07. The Morgan fingerprint density at radius 2 is 2.00 bits per heavy atom. The molecule has 0 atom stereocenters. The van der Waals surface area contributed by atoms with Crippen molar-refractivity contribution in [3.8, 4) is 0 Å². The molecule has 0 aliphatic heterocycles. The van der Waals surface area contributed by atoms with E-state index in [1.54, 1.807) is 12.1 Å². The van der Waals surface area contributed by atoms with Gasteiger partial charge in [0.2, 0.25) is 5.78 Å². The van der Waals surface area contributed by atoms with Gasteiger partial charge in [0.05, 0.1) is 10.0 Å². The van der Waals surface area contributed by atoms with Crippen LogP contribution in [0, 0.1) is 0 Å². The maximum Gasteiger partial charge on any atom is 0.212 e. The lowest BCUT2D eigenvalue weighted by Gasteiger charge is -2.26. The van der Waals surface area contributed by atoms with E-state index in [2.05, 4.69) is 11.1 Å². The highest BCUT2D eigenvalue weighted by molar-refractivity contribution is 6.37. The molecule has 0 bridgehead atoms. The number of carbonyl (C=O) groups is 1. The lowest BCUT2D eigenvalue weighted by Crippen LogP contribution is -2.10. The lowest BCUT2D eigenvalue weighted by molar-refractivity contribution is 0.103. The third-order valence-corrected chi connectivity index (χ3v) is 4.24. The minimum atomic E-state index is -0.159. The fraction of sp³-hybridized carbons (Fsp3) is 0.250. The maximum atomic E-state index is 12.5. The van der Waals surface area contributed by atoms with E-state index in [1.165, 1.54) is 31.0 Å². The number of rotatable bonds is 3. The van der Waals surface area contributed by atoms with Crippen molar-refractivity contribution in [3.63, 3.8) is 0 Å².